The van der Waals surface area contributed by atoms with Crippen LogP contribution in [0, 0.1) is 10.1 Å². The smallest absolute Gasteiger partial charge is 0.269 e. The second-order valence-corrected chi connectivity index (χ2v) is 5.08. The number of nitrogens with one attached hydrogen (secondary N) is 1. The summed E-state index contributed by atoms with van der Waals surface area (Å²) >= 11 is 4.89. The van der Waals surface area contributed by atoms with E-state index in [-0.39, 0.29) is 28.5 Å². The first-order valence-electron chi connectivity index (χ1n) is 6.63. The Morgan fingerprint density at radius 3 is 2.50 bits per heavy atom. The highest BCUT2D eigenvalue weighted by Crippen LogP contribution is 2.15. The van der Waals surface area contributed by atoms with Gasteiger partial charge in [-0.05, 0) is 24.4 Å². The van der Waals surface area contributed by atoms with E-state index in [0.29, 0.717) is 0 Å². The molecular formula is C15H11N3O5S. The van der Waals surface area contributed by atoms with E-state index in [1.807, 2.05) is 0 Å². The van der Waals surface area contributed by atoms with Crippen molar-refractivity contribution in [3.05, 3.63) is 64.2 Å². The van der Waals surface area contributed by atoms with E-state index in [2.05, 4.69) is 11.9 Å². The van der Waals surface area contributed by atoms with Crippen LogP contribution in [-0.4, -0.2) is 39.1 Å². The molecule has 9 heteroatoms. The van der Waals surface area contributed by atoms with Crippen LogP contribution in [0.3, 0.4) is 0 Å². The van der Waals surface area contributed by atoms with Gasteiger partial charge in [0.15, 0.2) is 10.9 Å². The van der Waals surface area contributed by atoms with E-state index >= 15 is 0 Å². The Hall–Kier alpha value is -3.20. The minimum Gasteiger partial charge on any atom is -0.298 e. The SMILES string of the molecule is C=CCN1C(=O)C(=CC(=O)c2ccc([N+](=O)[O-])cc2)C(=O)NC1=S. The molecule has 0 spiro atoms. The molecule has 1 aliphatic heterocycles. The molecule has 1 heterocycles. The molecule has 1 N–H and O–H groups in total. The standard InChI is InChI=1S/C15H11N3O5S/c1-2-7-17-14(21)11(13(20)16-15(17)24)8-12(19)9-3-5-10(6-4-9)18(22)23/h2-6,8H,1,7H2,(H,16,20,24). The molecule has 0 bridgehead atoms. The predicted octanol–water partition coefficient (Wildman–Crippen LogP) is 1.13. The minimum atomic E-state index is -0.777. The van der Waals surface area contributed by atoms with Crippen LogP contribution in [-0.2, 0) is 9.59 Å². The van der Waals surface area contributed by atoms with Crippen molar-refractivity contribution >= 4 is 40.6 Å². The molecule has 1 aromatic rings. The predicted molar refractivity (Wildman–Crippen MR) is 88.2 cm³/mol. The lowest BCUT2D eigenvalue weighted by Gasteiger charge is -2.27. The van der Waals surface area contributed by atoms with E-state index in [1.165, 1.54) is 18.2 Å². The van der Waals surface area contributed by atoms with Gasteiger partial charge in [-0.3, -0.25) is 34.7 Å². The van der Waals surface area contributed by atoms with Crippen LogP contribution in [0.15, 0.2) is 48.6 Å². The summed E-state index contributed by atoms with van der Waals surface area (Å²) in [6, 6.07) is 4.81. The van der Waals surface area contributed by atoms with Crippen molar-refractivity contribution in [2.75, 3.05) is 6.54 Å². The third-order valence-corrected chi connectivity index (χ3v) is 3.46. The number of hydrogen-bond donors (Lipinski definition) is 1. The minimum absolute atomic E-state index is 0.0650. The Morgan fingerprint density at radius 2 is 1.96 bits per heavy atom. The van der Waals surface area contributed by atoms with Crippen LogP contribution in [0.5, 0.6) is 0 Å². The monoisotopic (exact) mass is 345 g/mol. The van der Waals surface area contributed by atoms with E-state index in [0.717, 1.165) is 23.1 Å². The van der Waals surface area contributed by atoms with Gasteiger partial charge in [0.2, 0.25) is 0 Å². The number of rotatable bonds is 5. The lowest BCUT2D eigenvalue weighted by molar-refractivity contribution is -0.384. The second-order valence-electron chi connectivity index (χ2n) is 4.69. The Bertz CT molecular complexity index is 798. The number of carbonyl (C=O) groups excluding carboxylic acids is 3. The van der Waals surface area contributed by atoms with E-state index < -0.39 is 22.5 Å². The molecule has 1 saturated heterocycles. The van der Waals surface area contributed by atoms with Gasteiger partial charge in [0.05, 0.1) is 4.92 Å². The average molecular weight is 345 g/mol. The number of ketones is 1. The van der Waals surface area contributed by atoms with Crippen molar-refractivity contribution in [1.29, 1.82) is 0 Å². The van der Waals surface area contributed by atoms with Crippen LogP contribution in [0.1, 0.15) is 10.4 Å². The molecule has 0 saturated carbocycles. The summed E-state index contributed by atoms with van der Waals surface area (Å²) in [4.78, 5) is 47.4. The van der Waals surface area contributed by atoms with Crippen LogP contribution >= 0.6 is 12.2 Å². The fourth-order valence-electron chi connectivity index (χ4n) is 1.95. The Kier molecular flexibility index (Phi) is 4.95. The van der Waals surface area contributed by atoms with Gasteiger partial charge in [-0.1, -0.05) is 6.08 Å². The zero-order chi connectivity index (χ0) is 17.9. The first-order valence-corrected chi connectivity index (χ1v) is 7.04. The van der Waals surface area contributed by atoms with Crippen LogP contribution in [0.2, 0.25) is 0 Å². The molecule has 2 amide bonds. The molecule has 2 rings (SSSR count). The van der Waals surface area contributed by atoms with E-state index in [1.54, 1.807) is 0 Å². The summed E-state index contributed by atoms with van der Waals surface area (Å²) in [6.07, 6.45) is 2.31. The number of hydrogen-bond acceptors (Lipinski definition) is 6. The Morgan fingerprint density at radius 1 is 1.33 bits per heavy atom. The highest BCUT2D eigenvalue weighted by molar-refractivity contribution is 7.80. The molecule has 8 nitrogen and oxygen atoms in total. The second kappa shape index (κ2) is 6.92. The first-order chi connectivity index (χ1) is 11.3. The zero-order valence-corrected chi connectivity index (χ0v) is 13.0. The summed E-state index contributed by atoms with van der Waals surface area (Å²) in [5, 5.41) is 12.8. The molecular weight excluding hydrogens is 334 g/mol. The first kappa shape index (κ1) is 17.2. The number of allylic oxidation sites excluding steroid dienone is 1. The fraction of sp³-hybridized carbons (Fsp3) is 0.0667. The normalized spacial score (nSPS) is 16.1. The molecule has 1 aliphatic rings. The van der Waals surface area contributed by atoms with E-state index in [9.17, 15) is 24.5 Å². The van der Waals surface area contributed by atoms with Crippen LogP contribution in [0.25, 0.3) is 0 Å². The molecule has 1 fully saturated rings. The van der Waals surface area contributed by atoms with Crippen molar-refractivity contribution in [1.82, 2.24) is 10.2 Å². The fourth-order valence-corrected chi connectivity index (χ4v) is 2.20. The largest absolute Gasteiger partial charge is 0.298 e. The number of nitrogens with zero attached hydrogens (tertiary/aromatic N) is 2. The summed E-state index contributed by atoms with van der Waals surface area (Å²) in [7, 11) is 0. The molecule has 0 aromatic heterocycles. The molecule has 122 valence electrons. The average Bonchev–Trinajstić information content (AvgIpc) is 2.55. The maximum atomic E-state index is 12.3. The van der Waals surface area contributed by atoms with Gasteiger partial charge < -0.3 is 0 Å². The zero-order valence-electron chi connectivity index (χ0n) is 12.2. The highest BCUT2D eigenvalue weighted by atomic mass is 32.1. The number of nitro groups is 1. The topological polar surface area (TPSA) is 110 Å². The van der Waals surface area contributed by atoms with Crippen LogP contribution < -0.4 is 5.32 Å². The van der Waals surface area contributed by atoms with Gasteiger partial charge in [-0.15, -0.1) is 6.58 Å². The Labute approximate surface area is 141 Å². The number of carbonyl (C=O) groups is 3. The van der Waals surface area contributed by atoms with Gasteiger partial charge in [0.25, 0.3) is 17.5 Å². The highest BCUT2D eigenvalue weighted by Gasteiger charge is 2.33. The van der Waals surface area contributed by atoms with Crippen molar-refractivity contribution in [2.24, 2.45) is 0 Å². The number of thiocarbonyl (C=S) groups is 1. The molecule has 1 aromatic carbocycles. The van der Waals surface area contributed by atoms with Gasteiger partial charge in [-0.2, -0.15) is 0 Å². The maximum Gasteiger partial charge on any atom is 0.269 e. The van der Waals surface area contributed by atoms with Crippen LogP contribution in [0.4, 0.5) is 5.69 Å². The summed E-state index contributed by atoms with van der Waals surface area (Å²) in [5.74, 6) is -2.12. The molecule has 0 radical (unpaired) electrons. The summed E-state index contributed by atoms with van der Waals surface area (Å²) < 4.78 is 0. The van der Waals surface area contributed by atoms with Crippen molar-refractivity contribution < 1.29 is 19.3 Å². The molecule has 24 heavy (non-hydrogen) atoms. The van der Waals surface area contributed by atoms with Gasteiger partial charge in [0, 0.05) is 30.3 Å². The summed E-state index contributed by atoms with van der Waals surface area (Å²) in [5.41, 5.74) is -0.431. The molecule has 0 unspecified atom stereocenters. The van der Waals surface area contributed by atoms with Crippen molar-refractivity contribution in [3.63, 3.8) is 0 Å². The number of non-ortho nitro benzene ring substituents is 1. The summed E-state index contributed by atoms with van der Waals surface area (Å²) in [6.45, 7) is 3.58. The quantitative estimate of drug-likeness (QED) is 0.163. The Balaban J connectivity index is 2.30. The van der Waals surface area contributed by atoms with Gasteiger partial charge in [0.1, 0.15) is 5.57 Å². The van der Waals surface area contributed by atoms with Gasteiger partial charge in [-0.25, -0.2) is 0 Å². The lowest BCUT2D eigenvalue weighted by Crippen LogP contribution is -2.54. The maximum absolute atomic E-state index is 12.3. The lowest BCUT2D eigenvalue weighted by atomic mass is 10.1. The third kappa shape index (κ3) is 3.41. The molecule has 0 atom stereocenters. The number of amides is 2. The van der Waals surface area contributed by atoms with Gasteiger partial charge >= 0.3 is 0 Å². The molecule has 0 aliphatic carbocycles. The van der Waals surface area contributed by atoms with E-state index in [4.69, 9.17) is 12.2 Å². The number of nitro benzene ring substituents is 1. The third-order valence-electron chi connectivity index (χ3n) is 3.14. The van der Waals surface area contributed by atoms with Crippen molar-refractivity contribution in [3.8, 4) is 0 Å². The number of benzene rings is 1. The van der Waals surface area contributed by atoms with Crippen molar-refractivity contribution in [2.45, 2.75) is 0 Å².